The summed E-state index contributed by atoms with van der Waals surface area (Å²) in [6.45, 7) is 4.57. The van der Waals surface area contributed by atoms with Gasteiger partial charge in [-0.3, -0.25) is 9.69 Å². The summed E-state index contributed by atoms with van der Waals surface area (Å²) >= 11 is 0. The maximum absolute atomic E-state index is 14.4. The molecule has 0 saturated heterocycles. The van der Waals surface area contributed by atoms with E-state index in [9.17, 15) is 13.6 Å². The van der Waals surface area contributed by atoms with Crippen LogP contribution in [0.3, 0.4) is 0 Å². The number of rotatable bonds is 9. The van der Waals surface area contributed by atoms with Crippen LogP contribution in [-0.2, 0) is 37.3 Å². The maximum atomic E-state index is 14.4. The Morgan fingerprint density at radius 2 is 1.85 bits per heavy atom. The Morgan fingerprint density at radius 1 is 1.05 bits per heavy atom. The highest BCUT2D eigenvalue weighted by atomic mass is 19.1. The van der Waals surface area contributed by atoms with Crippen molar-refractivity contribution in [2.75, 3.05) is 20.2 Å². The molecular weight excluding hydrogens is 498 g/mol. The normalized spacial score (nSPS) is 13.2. The number of halogens is 2. The molecule has 0 N–H and O–H groups in total. The maximum Gasteiger partial charge on any atom is 0.227 e. The molecule has 202 valence electrons. The van der Waals surface area contributed by atoms with Crippen molar-refractivity contribution in [2.45, 2.75) is 39.4 Å². The minimum absolute atomic E-state index is 0.00394. The van der Waals surface area contributed by atoms with Crippen molar-refractivity contribution < 1.29 is 18.3 Å². The quantitative estimate of drug-likeness (QED) is 0.294. The van der Waals surface area contributed by atoms with Gasteiger partial charge in [-0.2, -0.15) is 5.10 Å². The second-order valence-corrected chi connectivity index (χ2v) is 9.75. The van der Waals surface area contributed by atoms with Crippen molar-refractivity contribution in [1.82, 2.24) is 19.6 Å². The van der Waals surface area contributed by atoms with Crippen molar-refractivity contribution in [3.8, 4) is 11.4 Å². The van der Waals surface area contributed by atoms with Gasteiger partial charge in [-0.25, -0.2) is 13.5 Å². The number of fused-ring (bicyclic) bond motifs is 1. The van der Waals surface area contributed by atoms with Crippen molar-refractivity contribution >= 4 is 5.91 Å². The van der Waals surface area contributed by atoms with E-state index in [1.165, 1.54) is 18.2 Å². The average Bonchev–Trinajstić information content (AvgIpc) is 3.31. The molecule has 1 aromatic heterocycles. The second-order valence-electron chi connectivity index (χ2n) is 9.75. The molecule has 5 rings (SSSR count). The lowest BCUT2D eigenvalue weighted by atomic mass is 10.0. The van der Waals surface area contributed by atoms with Gasteiger partial charge >= 0.3 is 0 Å². The smallest absolute Gasteiger partial charge is 0.227 e. The number of nitrogens with zero attached hydrogens (tertiary/aromatic N) is 4. The fourth-order valence-electron chi connectivity index (χ4n) is 5.08. The standard InChI is InChI=1S/C31H32F2N4O2/c1-3-36(31(38)17-22-11-13-26(39-2)14-12-22)21-29-27-20-35(19-23-7-4-5-10-28(23)33)16-15-30(27)37(34-29)25-9-6-8-24(32)18-25/h4-14,18H,3,15-17,19-21H2,1-2H3. The zero-order valence-electron chi connectivity index (χ0n) is 22.2. The lowest BCUT2D eigenvalue weighted by Gasteiger charge is -2.28. The van der Waals surface area contributed by atoms with Gasteiger partial charge in [0.1, 0.15) is 17.4 Å². The third kappa shape index (κ3) is 6.01. The molecule has 0 bridgehead atoms. The van der Waals surface area contributed by atoms with Crippen LogP contribution in [0.5, 0.6) is 5.75 Å². The molecule has 1 amide bonds. The van der Waals surface area contributed by atoms with Gasteiger partial charge in [0.2, 0.25) is 5.91 Å². The number of carbonyl (C=O) groups excluding carboxylic acids is 1. The van der Waals surface area contributed by atoms with Gasteiger partial charge in [-0.05, 0) is 48.9 Å². The largest absolute Gasteiger partial charge is 0.497 e. The van der Waals surface area contributed by atoms with E-state index < -0.39 is 0 Å². The molecule has 1 aliphatic heterocycles. The van der Waals surface area contributed by atoms with E-state index in [0.717, 1.165) is 34.8 Å². The molecule has 39 heavy (non-hydrogen) atoms. The van der Waals surface area contributed by atoms with Crippen LogP contribution in [0.4, 0.5) is 8.78 Å². The first-order chi connectivity index (χ1) is 18.9. The molecule has 6 nitrogen and oxygen atoms in total. The number of ether oxygens (including phenoxy) is 1. The molecule has 0 spiro atoms. The third-order valence-corrected chi connectivity index (χ3v) is 7.21. The van der Waals surface area contributed by atoms with Crippen LogP contribution in [0.1, 0.15) is 35.0 Å². The van der Waals surface area contributed by atoms with Gasteiger partial charge < -0.3 is 9.64 Å². The number of methoxy groups -OCH3 is 1. The van der Waals surface area contributed by atoms with Crippen LogP contribution < -0.4 is 4.74 Å². The van der Waals surface area contributed by atoms with Crippen LogP contribution >= 0.6 is 0 Å². The summed E-state index contributed by atoms with van der Waals surface area (Å²) in [6.07, 6.45) is 0.948. The van der Waals surface area contributed by atoms with E-state index in [1.54, 1.807) is 34.9 Å². The van der Waals surface area contributed by atoms with Gasteiger partial charge in [0.15, 0.2) is 0 Å². The first-order valence-corrected chi connectivity index (χ1v) is 13.2. The summed E-state index contributed by atoms with van der Waals surface area (Å²) in [7, 11) is 1.61. The lowest BCUT2D eigenvalue weighted by Crippen LogP contribution is -2.34. The third-order valence-electron chi connectivity index (χ3n) is 7.21. The highest BCUT2D eigenvalue weighted by Gasteiger charge is 2.28. The Morgan fingerprint density at radius 3 is 2.56 bits per heavy atom. The van der Waals surface area contributed by atoms with Gasteiger partial charge in [0, 0.05) is 43.7 Å². The number of benzene rings is 3. The molecule has 8 heteroatoms. The number of hydrogen-bond acceptors (Lipinski definition) is 4. The van der Waals surface area contributed by atoms with Crippen molar-refractivity contribution in [1.29, 1.82) is 0 Å². The summed E-state index contributed by atoms with van der Waals surface area (Å²) in [5, 5.41) is 4.90. The zero-order chi connectivity index (χ0) is 27.4. The molecule has 0 fully saturated rings. The van der Waals surface area contributed by atoms with E-state index in [1.807, 2.05) is 43.3 Å². The Bertz CT molecular complexity index is 1450. The minimum atomic E-state index is -0.333. The molecule has 0 unspecified atom stereocenters. The van der Waals surface area contributed by atoms with Crippen molar-refractivity contribution in [3.63, 3.8) is 0 Å². The van der Waals surface area contributed by atoms with Crippen LogP contribution in [0.2, 0.25) is 0 Å². The fraction of sp³-hybridized carbons (Fsp3) is 0.290. The Labute approximate surface area is 227 Å². The summed E-state index contributed by atoms with van der Waals surface area (Å²) in [6, 6.07) is 20.7. The fourth-order valence-corrected chi connectivity index (χ4v) is 5.08. The minimum Gasteiger partial charge on any atom is -0.497 e. The molecule has 0 aliphatic carbocycles. The number of amides is 1. The number of carbonyl (C=O) groups is 1. The predicted octanol–water partition coefficient (Wildman–Crippen LogP) is 5.31. The zero-order valence-corrected chi connectivity index (χ0v) is 22.2. The summed E-state index contributed by atoms with van der Waals surface area (Å²) in [5.41, 5.74) is 4.98. The summed E-state index contributed by atoms with van der Waals surface area (Å²) in [5.74, 6) is 0.184. The first-order valence-electron chi connectivity index (χ1n) is 13.2. The van der Waals surface area contributed by atoms with Gasteiger partial charge in [-0.1, -0.05) is 36.4 Å². The highest BCUT2D eigenvalue weighted by molar-refractivity contribution is 5.78. The first kappa shape index (κ1) is 26.6. The molecule has 2 heterocycles. The Hall–Kier alpha value is -4.04. The van der Waals surface area contributed by atoms with E-state index in [4.69, 9.17) is 9.84 Å². The van der Waals surface area contributed by atoms with Crippen LogP contribution in [0.25, 0.3) is 5.69 Å². The monoisotopic (exact) mass is 530 g/mol. The lowest BCUT2D eigenvalue weighted by molar-refractivity contribution is -0.130. The van der Waals surface area contributed by atoms with E-state index >= 15 is 0 Å². The molecule has 0 atom stereocenters. The number of likely N-dealkylation sites (N-methyl/N-ethyl adjacent to an activating group) is 1. The van der Waals surface area contributed by atoms with Crippen LogP contribution in [-0.4, -0.2) is 45.7 Å². The number of aromatic nitrogens is 2. The molecule has 0 saturated carbocycles. The number of hydrogen-bond donors (Lipinski definition) is 0. The van der Waals surface area contributed by atoms with Crippen LogP contribution in [0.15, 0.2) is 72.8 Å². The van der Waals surface area contributed by atoms with Gasteiger partial charge in [0.25, 0.3) is 0 Å². The predicted molar refractivity (Wildman–Crippen MR) is 146 cm³/mol. The van der Waals surface area contributed by atoms with Crippen molar-refractivity contribution in [3.05, 3.63) is 113 Å². The Kier molecular flexibility index (Phi) is 8.02. The SMILES string of the molecule is CCN(Cc1nn(-c2cccc(F)c2)c2c1CN(Cc1ccccc1F)CC2)C(=O)Cc1ccc(OC)cc1. The summed E-state index contributed by atoms with van der Waals surface area (Å²) < 4.78 is 35.5. The highest BCUT2D eigenvalue weighted by Crippen LogP contribution is 2.28. The van der Waals surface area contributed by atoms with Crippen molar-refractivity contribution in [2.24, 2.45) is 0 Å². The van der Waals surface area contributed by atoms with Crippen LogP contribution in [0, 0.1) is 11.6 Å². The molecule has 4 aromatic rings. The summed E-state index contributed by atoms with van der Waals surface area (Å²) in [4.78, 5) is 17.3. The molecule has 1 aliphatic rings. The topological polar surface area (TPSA) is 50.6 Å². The molecule has 3 aromatic carbocycles. The second kappa shape index (κ2) is 11.8. The van der Waals surface area contributed by atoms with E-state index in [0.29, 0.717) is 43.9 Å². The van der Waals surface area contributed by atoms with Gasteiger partial charge in [-0.15, -0.1) is 0 Å². The molecular formula is C31H32F2N4O2. The van der Waals surface area contributed by atoms with Gasteiger partial charge in [0.05, 0.1) is 37.2 Å². The Balaban J connectivity index is 1.42. The molecule has 0 radical (unpaired) electrons. The average molecular weight is 531 g/mol. The van der Waals surface area contributed by atoms with E-state index in [2.05, 4.69) is 4.90 Å². The van der Waals surface area contributed by atoms with E-state index in [-0.39, 0.29) is 24.0 Å².